The van der Waals surface area contributed by atoms with Crippen LogP contribution >= 0.6 is 23.2 Å². The summed E-state index contributed by atoms with van der Waals surface area (Å²) in [7, 11) is -2.21. The molecule has 6 nitrogen and oxygen atoms in total. The van der Waals surface area contributed by atoms with Crippen LogP contribution in [-0.4, -0.2) is 33.7 Å². The SMILES string of the molecule is COc1ccc(N([C@H](C)C(=O)Nc2cccc(Cl)c2Cl)S(C)(=O)=O)cc1. The van der Waals surface area contributed by atoms with Gasteiger partial charge in [0.1, 0.15) is 11.8 Å². The number of amides is 1. The van der Waals surface area contributed by atoms with E-state index in [0.717, 1.165) is 10.6 Å². The number of ether oxygens (including phenoxy) is 1. The van der Waals surface area contributed by atoms with Crippen molar-refractivity contribution in [2.75, 3.05) is 23.0 Å². The monoisotopic (exact) mass is 416 g/mol. The molecule has 0 saturated heterocycles. The molecule has 1 atom stereocenters. The van der Waals surface area contributed by atoms with E-state index in [1.807, 2.05) is 0 Å². The van der Waals surface area contributed by atoms with E-state index in [9.17, 15) is 13.2 Å². The molecule has 0 aliphatic carbocycles. The molecule has 2 rings (SSSR count). The van der Waals surface area contributed by atoms with Gasteiger partial charge in [-0.2, -0.15) is 0 Å². The van der Waals surface area contributed by atoms with Crippen molar-refractivity contribution in [2.45, 2.75) is 13.0 Å². The molecule has 0 bridgehead atoms. The van der Waals surface area contributed by atoms with Crippen molar-refractivity contribution in [3.05, 3.63) is 52.5 Å². The summed E-state index contributed by atoms with van der Waals surface area (Å²) >= 11 is 12.0. The smallest absolute Gasteiger partial charge is 0.248 e. The molecule has 0 aliphatic rings. The Kier molecular flexibility index (Phi) is 6.39. The molecule has 2 aromatic rings. The van der Waals surface area contributed by atoms with Crippen molar-refractivity contribution in [2.24, 2.45) is 0 Å². The number of benzene rings is 2. The number of hydrogen-bond acceptors (Lipinski definition) is 4. The van der Waals surface area contributed by atoms with E-state index in [1.54, 1.807) is 42.5 Å². The lowest BCUT2D eigenvalue weighted by molar-refractivity contribution is -0.116. The van der Waals surface area contributed by atoms with Gasteiger partial charge in [-0.05, 0) is 43.3 Å². The van der Waals surface area contributed by atoms with E-state index in [0.29, 0.717) is 17.1 Å². The van der Waals surface area contributed by atoms with Gasteiger partial charge in [0.05, 0.1) is 34.8 Å². The molecular weight excluding hydrogens is 399 g/mol. The summed E-state index contributed by atoms with van der Waals surface area (Å²) in [6.45, 7) is 1.49. The molecule has 0 aliphatic heterocycles. The van der Waals surface area contributed by atoms with E-state index in [2.05, 4.69) is 5.32 Å². The maximum atomic E-state index is 12.6. The van der Waals surface area contributed by atoms with E-state index < -0.39 is 22.0 Å². The molecule has 1 amide bonds. The number of nitrogens with zero attached hydrogens (tertiary/aromatic N) is 1. The van der Waals surface area contributed by atoms with Crippen LogP contribution in [0.3, 0.4) is 0 Å². The second-order valence-electron chi connectivity index (χ2n) is 5.52. The summed E-state index contributed by atoms with van der Waals surface area (Å²) in [5, 5.41) is 3.08. The van der Waals surface area contributed by atoms with Gasteiger partial charge < -0.3 is 10.1 Å². The predicted octanol–water partition coefficient (Wildman–Crippen LogP) is 3.80. The number of halogens is 2. The van der Waals surface area contributed by atoms with Crippen molar-refractivity contribution >= 4 is 50.5 Å². The lowest BCUT2D eigenvalue weighted by atomic mass is 10.2. The van der Waals surface area contributed by atoms with E-state index in [-0.39, 0.29) is 10.0 Å². The Morgan fingerprint density at radius 2 is 1.77 bits per heavy atom. The molecule has 0 fully saturated rings. The van der Waals surface area contributed by atoms with Crippen LogP contribution in [0.2, 0.25) is 10.0 Å². The lowest BCUT2D eigenvalue weighted by Crippen LogP contribution is -2.45. The first-order valence-electron chi connectivity index (χ1n) is 7.53. The molecule has 2 aromatic carbocycles. The highest BCUT2D eigenvalue weighted by Gasteiger charge is 2.29. The van der Waals surface area contributed by atoms with Crippen molar-refractivity contribution in [1.29, 1.82) is 0 Å². The van der Waals surface area contributed by atoms with Gasteiger partial charge in [0.2, 0.25) is 15.9 Å². The quantitative estimate of drug-likeness (QED) is 0.776. The van der Waals surface area contributed by atoms with Gasteiger partial charge in [-0.3, -0.25) is 9.10 Å². The van der Waals surface area contributed by atoms with Crippen LogP contribution in [0.1, 0.15) is 6.92 Å². The number of sulfonamides is 1. The molecule has 0 heterocycles. The first-order chi connectivity index (χ1) is 12.1. The minimum absolute atomic E-state index is 0.185. The van der Waals surface area contributed by atoms with Crippen LogP contribution in [0, 0.1) is 0 Å². The third kappa shape index (κ3) is 4.60. The fourth-order valence-corrected chi connectivity index (χ4v) is 3.90. The highest BCUT2D eigenvalue weighted by Crippen LogP contribution is 2.30. The average Bonchev–Trinajstić information content (AvgIpc) is 2.58. The Hall–Kier alpha value is -1.96. The van der Waals surface area contributed by atoms with Crippen LogP contribution in [0.5, 0.6) is 5.75 Å². The normalized spacial score (nSPS) is 12.3. The molecule has 1 N–H and O–H groups in total. The van der Waals surface area contributed by atoms with E-state index in [1.165, 1.54) is 14.0 Å². The maximum Gasteiger partial charge on any atom is 0.248 e. The highest BCUT2D eigenvalue weighted by molar-refractivity contribution is 7.92. The van der Waals surface area contributed by atoms with Crippen molar-refractivity contribution in [3.63, 3.8) is 0 Å². The number of hydrogen-bond donors (Lipinski definition) is 1. The highest BCUT2D eigenvalue weighted by atomic mass is 35.5. The summed E-state index contributed by atoms with van der Waals surface area (Å²) < 4.78 is 30.6. The van der Waals surface area contributed by atoms with E-state index in [4.69, 9.17) is 27.9 Å². The molecule has 140 valence electrons. The van der Waals surface area contributed by atoms with Gasteiger partial charge in [-0.25, -0.2) is 8.42 Å². The number of anilines is 2. The van der Waals surface area contributed by atoms with Gasteiger partial charge in [0.15, 0.2) is 0 Å². The number of methoxy groups -OCH3 is 1. The third-order valence-corrected chi connectivity index (χ3v) is 5.69. The Bertz CT molecular complexity index is 901. The minimum Gasteiger partial charge on any atom is -0.497 e. The molecule has 0 spiro atoms. The van der Waals surface area contributed by atoms with Crippen LogP contribution in [0.25, 0.3) is 0 Å². The predicted molar refractivity (Wildman–Crippen MR) is 105 cm³/mol. The summed E-state index contributed by atoms with van der Waals surface area (Å²) in [5.74, 6) is 0.0282. The summed E-state index contributed by atoms with van der Waals surface area (Å²) in [6.07, 6.45) is 1.04. The zero-order chi connectivity index (χ0) is 19.5. The maximum absolute atomic E-state index is 12.6. The minimum atomic E-state index is -3.72. The first-order valence-corrected chi connectivity index (χ1v) is 10.1. The summed E-state index contributed by atoms with van der Waals surface area (Å²) in [4.78, 5) is 12.6. The van der Waals surface area contributed by atoms with Crippen molar-refractivity contribution in [3.8, 4) is 5.75 Å². The molecule has 9 heteroatoms. The van der Waals surface area contributed by atoms with Gasteiger partial charge >= 0.3 is 0 Å². The topological polar surface area (TPSA) is 75.7 Å². The summed E-state index contributed by atoms with van der Waals surface area (Å²) in [6, 6.07) is 10.1. The first kappa shape index (κ1) is 20.4. The standard InChI is InChI=1S/C17H18Cl2N2O4S/c1-11(17(22)20-15-6-4-5-14(18)16(15)19)21(26(3,23)24)12-7-9-13(25-2)10-8-12/h4-11H,1-3H3,(H,20,22)/t11-/m1/s1. The number of carbonyl (C=O) groups is 1. The van der Waals surface area contributed by atoms with Gasteiger partial charge in [0.25, 0.3) is 0 Å². The second-order valence-corrected chi connectivity index (χ2v) is 8.17. The van der Waals surface area contributed by atoms with Crippen LogP contribution in [-0.2, 0) is 14.8 Å². The Balaban J connectivity index is 2.32. The Morgan fingerprint density at radius 3 is 2.31 bits per heavy atom. The van der Waals surface area contributed by atoms with E-state index >= 15 is 0 Å². The fraction of sp³-hybridized carbons (Fsp3) is 0.235. The average molecular weight is 417 g/mol. The zero-order valence-electron chi connectivity index (χ0n) is 14.4. The molecule has 0 unspecified atom stereocenters. The molecule has 26 heavy (non-hydrogen) atoms. The van der Waals surface area contributed by atoms with Crippen LogP contribution in [0.4, 0.5) is 11.4 Å². The molecule has 0 saturated carbocycles. The largest absolute Gasteiger partial charge is 0.497 e. The van der Waals surface area contributed by atoms with Gasteiger partial charge in [0, 0.05) is 0 Å². The van der Waals surface area contributed by atoms with Gasteiger partial charge in [-0.15, -0.1) is 0 Å². The lowest BCUT2D eigenvalue weighted by Gasteiger charge is -2.28. The molecule has 0 aromatic heterocycles. The van der Waals surface area contributed by atoms with Crippen LogP contribution < -0.4 is 14.4 Å². The van der Waals surface area contributed by atoms with Gasteiger partial charge in [-0.1, -0.05) is 29.3 Å². The van der Waals surface area contributed by atoms with Crippen LogP contribution in [0.15, 0.2) is 42.5 Å². The molecular formula is C17H18Cl2N2O4S. The number of nitrogens with one attached hydrogen (secondary N) is 1. The Morgan fingerprint density at radius 1 is 1.15 bits per heavy atom. The zero-order valence-corrected chi connectivity index (χ0v) is 16.7. The Labute approximate surface area is 162 Å². The second kappa shape index (κ2) is 8.16. The number of carbonyl (C=O) groups excluding carboxylic acids is 1. The number of rotatable bonds is 6. The van der Waals surface area contributed by atoms with Crippen molar-refractivity contribution in [1.82, 2.24) is 0 Å². The fourth-order valence-electron chi connectivity index (χ4n) is 2.38. The third-order valence-electron chi connectivity index (χ3n) is 3.62. The summed E-state index contributed by atoms with van der Waals surface area (Å²) in [5.41, 5.74) is 0.646. The van der Waals surface area contributed by atoms with Crippen molar-refractivity contribution < 1.29 is 17.9 Å². The molecule has 0 radical (unpaired) electrons.